The van der Waals surface area contributed by atoms with Crippen molar-refractivity contribution in [2.45, 2.75) is 38.2 Å². The van der Waals surface area contributed by atoms with Crippen molar-refractivity contribution in [2.75, 3.05) is 45.9 Å². The highest BCUT2D eigenvalue weighted by molar-refractivity contribution is 5.67. The van der Waals surface area contributed by atoms with E-state index in [0.717, 1.165) is 30.8 Å². The number of rotatable bonds is 4. The maximum absolute atomic E-state index is 14.3. The zero-order valence-corrected chi connectivity index (χ0v) is 12.6. The molecule has 2 aliphatic heterocycles. The molecule has 0 aromatic heterocycles. The maximum Gasteiger partial charge on any atom is 0.409 e. The summed E-state index contributed by atoms with van der Waals surface area (Å²) in [6.45, 7) is 4.87. The van der Waals surface area contributed by atoms with Crippen LogP contribution in [-0.4, -0.2) is 73.7 Å². The molecule has 7 heteroatoms. The Hall–Kier alpha value is -0.950. The molecule has 2 fully saturated rings. The minimum atomic E-state index is -2.88. The first-order valence-corrected chi connectivity index (χ1v) is 7.79. The van der Waals surface area contributed by atoms with Crippen LogP contribution in [0.5, 0.6) is 0 Å². The van der Waals surface area contributed by atoms with E-state index in [1.54, 1.807) is 0 Å². The third-order valence-electron chi connectivity index (χ3n) is 4.14. The number of hydrogen-bond acceptors (Lipinski definition) is 4. The van der Waals surface area contributed by atoms with Gasteiger partial charge in [0.15, 0.2) is 0 Å². The third kappa shape index (κ3) is 4.26. The van der Waals surface area contributed by atoms with E-state index in [0.29, 0.717) is 32.7 Å². The van der Waals surface area contributed by atoms with E-state index >= 15 is 0 Å². The Bertz CT molecular complexity index is 349. The van der Waals surface area contributed by atoms with Gasteiger partial charge in [0.25, 0.3) is 5.92 Å². The van der Waals surface area contributed by atoms with E-state index in [4.69, 9.17) is 4.74 Å². The number of ether oxygens (including phenoxy) is 1. The summed E-state index contributed by atoms with van der Waals surface area (Å²) in [5.74, 6) is -2.88. The lowest BCUT2D eigenvalue weighted by atomic mass is 9.98. The molecule has 0 aliphatic carbocycles. The number of piperazine rings is 1. The molecule has 1 unspecified atom stereocenters. The third-order valence-corrected chi connectivity index (χ3v) is 4.14. The molecule has 0 aromatic carbocycles. The number of nitrogens with one attached hydrogen (secondary N) is 1. The fourth-order valence-corrected chi connectivity index (χ4v) is 2.92. The fourth-order valence-electron chi connectivity index (χ4n) is 2.92. The monoisotopic (exact) mass is 305 g/mol. The summed E-state index contributed by atoms with van der Waals surface area (Å²) in [5, 5.41) is 3.17. The normalized spacial score (nSPS) is 26.6. The van der Waals surface area contributed by atoms with Crippen molar-refractivity contribution in [2.24, 2.45) is 0 Å². The summed E-state index contributed by atoms with van der Waals surface area (Å²) in [4.78, 5) is 14.8. The lowest BCUT2D eigenvalue weighted by Gasteiger charge is -2.44. The second-order valence-electron chi connectivity index (χ2n) is 5.74. The van der Waals surface area contributed by atoms with Crippen LogP contribution in [-0.2, 0) is 4.74 Å². The highest BCUT2D eigenvalue weighted by Gasteiger charge is 2.48. The Balaban J connectivity index is 1.87. The van der Waals surface area contributed by atoms with E-state index < -0.39 is 24.6 Å². The molecule has 1 amide bonds. The largest absolute Gasteiger partial charge is 0.449 e. The van der Waals surface area contributed by atoms with Crippen LogP contribution in [0.25, 0.3) is 0 Å². The number of amides is 1. The van der Waals surface area contributed by atoms with E-state index in [-0.39, 0.29) is 0 Å². The molecule has 1 N–H and O–H groups in total. The molecule has 21 heavy (non-hydrogen) atoms. The van der Waals surface area contributed by atoms with Gasteiger partial charge in [-0.2, -0.15) is 0 Å². The smallest absolute Gasteiger partial charge is 0.409 e. The van der Waals surface area contributed by atoms with Gasteiger partial charge in [0.05, 0.1) is 19.2 Å². The molecule has 5 nitrogen and oxygen atoms in total. The molecular formula is C14H25F2N3O2. The average Bonchev–Trinajstić information content (AvgIpc) is 2.47. The van der Waals surface area contributed by atoms with Gasteiger partial charge in [-0.25, -0.2) is 13.6 Å². The fraction of sp³-hybridized carbons (Fsp3) is 0.929. The second-order valence-corrected chi connectivity index (χ2v) is 5.74. The second kappa shape index (κ2) is 7.35. The number of halogens is 2. The van der Waals surface area contributed by atoms with Gasteiger partial charge in [-0.05, 0) is 12.8 Å². The summed E-state index contributed by atoms with van der Waals surface area (Å²) in [6.07, 6.45) is 1.37. The first-order valence-electron chi connectivity index (χ1n) is 7.79. The average molecular weight is 305 g/mol. The predicted molar refractivity (Wildman–Crippen MR) is 75.6 cm³/mol. The molecule has 0 spiro atoms. The summed E-state index contributed by atoms with van der Waals surface area (Å²) in [6, 6.07) is -0.765. The maximum atomic E-state index is 14.3. The molecule has 1 atom stereocenters. The topological polar surface area (TPSA) is 44.8 Å². The van der Waals surface area contributed by atoms with Crippen molar-refractivity contribution >= 4 is 6.09 Å². The van der Waals surface area contributed by atoms with Crippen LogP contribution >= 0.6 is 0 Å². The Morgan fingerprint density at radius 3 is 2.67 bits per heavy atom. The SMILES string of the molecule is CCCCOC(=O)N1CCC(N2CCNCC2)C(F)(F)C1. The van der Waals surface area contributed by atoms with Gasteiger partial charge >= 0.3 is 6.09 Å². The van der Waals surface area contributed by atoms with E-state index in [9.17, 15) is 13.6 Å². The Morgan fingerprint density at radius 2 is 2.05 bits per heavy atom. The summed E-state index contributed by atoms with van der Waals surface area (Å²) in [7, 11) is 0. The number of alkyl halides is 2. The summed E-state index contributed by atoms with van der Waals surface area (Å²) < 4.78 is 33.7. The number of carbonyl (C=O) groups excluding carboxylic acids is 1. The van der Waals surface area contributed by atoms with Crippen molar-refractivity contribution < 1.29 is 18.3 Å². The van der Waals surface area contributed by atoms with Gasteiger partial charge < -0.3 is 15.0 Å². The predicted octanol–water partition coefficient (Wildman–Crippen LogP) is 1.54. The molecule has 0 radical (unpaired) electrons. The van der Waals surface area contributed by atoms with Gasteiger partial charge in [-0.1, -0.05) is 13.3 Å². The van der Waals surface area contributed by atoms with Crippen LogP contribution in [0.3, 0.4) is 0 Å². The van der Waals surface area contributed by atoms with E-state index in [1.165, 1.54) is 0 Å². The molecule has 2 heterocycles. The van der Waals surface area contributed by atoms with Crippen LogP contribution < -0.4 is 5.32 Å². The first kappa shape index (κ1) is 16.4. The number of unbranched alkanes of at least 4 members (excludes halogenated alkanes) is 1. The van der Waals surface area contributed by atoms with Gasteiger partial charge in [-0.15, -0.1) is 0 Å². The highest BCUT2D eigenvalue weighted by atomic mass is 19.3. The van der Waals surface area contributed by atoms with Crippen LogP contribution in [0.2, 0.25) is 0 Å². The zero-order chi connectivity index (χ0) is 15.3. The highest BCUT2D eigenvalue weighted by Crippen LogP contribution is 2.31. The molecular weight excluding hydrogens is 280 g/mol. The minimum Gasteiger partial charge on any atom is -0.449 e. The Morgan fingerprint density at radius 1 is 1.33 bits per heavy atom. The summed E-state index contributed by atoms with van der Waals surface area (Å²) >= 11 is 0. The first-order chi connectivity index (χ1) is 10.0. The molecule has 2 saturated heterocycles. The Labute approximate surface area is 124 Å². The number of carbonyl (C=O) groups is 1. The van der Waals surface area contributed by atoms with Crippen molar-refractivity contribution in [3.63, 3.8) is 0 Å². The molecule has 0 saturated carbocycles. The molecule has 122 valence electrons. The number of hydrogen-bond donors (Lipinski definition) is 1. The van der Waals surface area contributed by atoms with Gasteiger partial charge in [0, 0.05) is 32.7 Å². The quantitative estimate of drug-likeness (QED) is 0.800. The van der Waals surface area contributed by atoms with E-state index in [2.05, 4.69) is 5.32 Å². The minimum absolute atomic E-state index is 0.301. The van der Waals surface area contributed by atoms with E-state index in [1.807, 2.05) is 11.8 Å². The van der Waals surface area contributed by atoms with Crippen molar-refractivity contribution in [3.8, 4) is 0 Å². The summed E-state index contributed by atoms with van der Waals surface area (Å²) in [5.41, 5.74) is 0. The standard InChI is InChI=1S/C14H25F2N3O2/c1-2-3-10-21-13(20)19-7-4-12(14(15,16)11-19)18-8-5-17-6-9-18/h12,17H,2-11H2,1H3. The molecule has 0 bridgehead atoms. The number of likely N-dealkylation sites (tertiary alicyclic amines) is 1. The van der Waals surface area contributed by atoms with Gasteiger partial charge in [0.2, 0.25) is 0 Å². The van der Waals surface area contributed by atoms with Crippen LogP contribution in [0.1, 0.15) is 26.2 Å². The zero-order valence-electron chi connectivity index (χ0n) is 12.6. The van der Waals surface area contributed by atoms with Crippen LogP contribution in [0, 0.1) is 0 Å². The number of nitrogens with zero attached hydrogens (tertiary/aromatic N) is 2. The number of piperidine rings is 1. The van der Waals surface area contributed by atoms with Crippen molar-refractivity contribution in [1.82, 2.24) is 15.1 Å². The molecule has 0 aromatic rings. The van der Waals surface area contributed by atoms with Crippen LogP contribution in [0.4, 0.5) is 13.6 Å². The lowest BCUT2D eigenvalue weighted by molar-refractivity contribution is -0.124. The van der Waals surface area contributed by atoms with Crippen molar-refractivity contribution in [3.05, 3.63) is 0 Å². The van der Waals surface area contributed by atoms with Gasteiger partial charge in [-0.3, -0.25) is 4.90 Å². The van der Waals surface area contributed by atoms with Crippen LogP contribution in [0.15, 0.2) is 0 Å². The van der Waals surface area contributed by atoms with Gasteiger partial charge in [0.1, 0.15) is 0 Å². The molecule has 2 rings (SSSR count). The van der Waals surface area contributed by atoms with Crippen molar-refractivity contribution in [1.29, 1.82) is 0 Å². The Kier molecular flexibility index (Phi) is 5.75. The molecule has 2 aliphatic rings. The lowest BCUT2D eigenvalue weighted by Crippen LogP contribution is -2.62.